The predicted molar refractivity (Wildman–Crippen MR) is 74.1 cm³/mol. The van der Waals surface area contributed by atoms with Crippen molar-refractivity contribution in [3.63, 3.8) is 0 Å². The monoisotopic (exact) mass is 299 g/mol. The lowest BCUT2D eigenvalue weighted by Crippen LogP contribution is -2.26. The van der Waals surface area contributed by atoms with Crippen molar-refractivity contribution in [1.82, 2.24) is 14.5 Å². The molecule has 2 aliphatic heterocycles. The summed E-state index contributed by atoms with van der Waals surface area (Å²) in [6, 6.07) is 3.87. The lowest BCUT2D eigenvalue weighted by atomic mass is 10.1. The number of aromatic nitrogens is 2. The quantitative estimate of drug-likeness (QED) is 0.872. The van der Waals surface area contributed by atoms with Crippen molar-refractivity contribution in [1.29, 1.82) is 0 Å². The van der Waals surface area contributed by atoms with Gasteiger partial charge in [0.05, 0.1) is 16.9 Å². The van der Waals surface area contributed by atoms with Gasteiger partial charge in [-0.1, -0.05) is 6.08 Å². The zero-order valence-corrected chi connectivity index (χ0v) is 11.3. The number of benzene rings is 1. The van der Waals surface area contributed by atoms with Crippen LogP contribution in [-0.2, 0) is 0 Å². The highest BCUT2D eigenvalue weighted by Gasteiger charge is 2.35. The van der Waals surface area contributed by atoms with Crippen LogP contribution in [0.2, 0.25) is 0 Å². The molecule has 6 nitrogen and oxygen atoms in total. The minimum Gasteiger partial charge on any atom is -0.476 e. The molecule has 0 spiro atoms. The fourth-order valence-electron chi connectivity index (χ4n) is 2.96. The van der Waals surface area contributed by atoms with Gasteiger partial charge in [0.25, 0.3) is 5.91 Å². The van der Waals surface area contributed by atoms with Crippen LogP contribution in [0.15, 0.2) is 30.6 Å². The maximum absolute atomic E-state index is 13.5. The summed E-state index contributed by atoms with van der Waals surface area (Å²) in [5, 5.41) is 9.33. The average molecular weight is 299 g/mol. The Morgan fingerprint density at radius 2 is 2.18 bits per heavy atom. The fraction of sp³-hybridized carbons (Fsp3) is 0.133. The number of imidazole rings is 1. The van der Waals surface area contributed by atoms with E-state index in [0.29, 0.717) is 30.0 Å². The Hall–Kier alpha value is -2.96. The van der Waals surface area contributed by atoms with Gasteiger partial charge in [-0.15, -0.1) is 0 Å². The molecule has 1 aromatic heterocycles. The highest BCUT2D eigenvalue weighted by atomic mass is 19.1. The summed E-state index contributed by atoms with van der Waals surface area (Å²) in [6.07, 6.45) is 3.78. The number of halogens is 1. The van der Waals surface area contributed by atoms with Crippen molar-refractivity contribution in [2.24, 2.45) is 0 Å². The predicted octanol–water partition coefficient (Wildman–Crippen LogP) is 1.91. The summed E-state index contributed by atoms with van der Waals surface area (Å²) in [5.41, 5.74) is 1.36. The van der Waals surface area contributed by atoms with E-state index in [4.69, 9.17) is 0 Å². The second-order valence-corrected chi connectivity index (χ2v) is 5.11. The van der Waals surface area contributed by atoms with Crippen molar-refractivity contribution in [3.8, 4) is 5.69 Å². The second kappa shape index (κ2) is 4.27. The number of amides is 1. The average Bonchev–Trinajstić information content (AvgIpc) is 3.10. The van der Waals surface area contributed by atoms with Crippen molar-refractivity contribution in [3.05, 3.63) is 53.4 Å². The van der Waals surface area contributed by atoms with Gasteiger partial charge in [0.1, 0.15) is 17.8 Å². The van der Waals surface area contributed by atoms with Crippen LogP contribution >= 0.6 is 0 Å². The number of carbonyl (C=O) groups excluding carboxylic acids is 1. The highest BCUT2D eigenvalue weighted by Crippen LogP contribution is 2.36. The molecule has 0 aliphatic carbocycles. The zero-order chi connectivity index (χ0) is 15.4. The Morgan fingerprint density at radius 1 is 1.36 bits per heavy atom. The van der Waals surface area contributed by atoms with Gasteiger partial charge >= 0.3 is 5.97 Å². The normalized spacial score (nSPS) is 15.8. The molecule has 0 radical (unpaired) electrons. The number of carboxylic acid groups (broad SMARTS) is 1. The largest absolute Gasteiger partial charge is 0.476 e. The van der Waals surface area contributed by atoms with Gasteiger partial charge in [-0.3, -0.25) is 9.36 Å². The molecular weight excluding hydrogens is 289 g/mol. The van der Waals surface area contributed by atoms with Crippen molar-refractivity contribution in [2.45, 2.75) is 6.42 Å². The number of aromatic carboxylic acids is 1. The number of rotatable bonds is 1. The molecule has 2 aromatic rings. The topological polar surface area (TPSA) is 75.4 Å². The van der Waals surface area contributed by atoms with Gasteiger partial charge in [-0.05, 0) is 24.6 Å². The van der Waals surface area contributed by atoms with E-state index in [1.165, 1.54) is 34.0 Å². The van der Waals surface area contributed by atoms with Gasteiger partial charge in [-0.2, -0.15) is 0 Å². The number of nitrogens with zero attached hydrogens (tertiary/aromatic N) is 3. The van der Waals surface area contributed by atoms with Crippen LogP contribution < -0.4 is 0 Å². The molecule has 110 valence electrons. The number of fused-ring (bicyclic) bond motifs is 5. The molecular formula is C15H10FN3O3. The van der Waals surface area contributed by atoms with E-state index in [2.05, 4.69) is 4.98 Å². The number of carbonyl (C=O) groups is 2. The first kappa shape index (κ1) is 12.8. The molecule has 1 amide bonds. The van der Waals surface area contributed by atoms with E-state index in [9.17, 15) is 19.1 Å². The first-order valence-corrected chi connectivity index (χ1v) is 6.71. The van der Waals surface area contributed by atoms with E-state index in [0.717, 1.165) is 0 Å². The summed E-state index contributed by atoms with van der Waals surface area (Å²) >= 11 is 0. The number of hydrogen-bond donors (Lipinski definition) is 1. The van der Waals surface area contributed by atoms with E-state index in [1.807, 2.05) is 0 Å². The summed E-state index contributed by atoms with van der Waals surface area (Å²) in [7, 11) is 0. The lowest BCUT2D eigenvalue weighted by molar-refractivity contribution is 0.0689. The molecule has 0 bridgehead atoms. The Kier molecular flexibility index (Phi) is 2.47. The summed E-state index contributed by atoms with van der Waals surface area (Å²) in [6.45, 7) is 0.439. The molecule has 1 N–H and O–H groups in total. The van der Waals surface area contributed by atoms with E-state index in [1.54, 1.807) is 6.08 Å². The third kappa shape index (κ3) is 1.56. The Morgan fingerprint density at radius 3 is 2.95 bits per heavy atom. The molecule has 0 saturated heterocycles. The van der Waals surface area contributed by atoms with Crippen LogP contribution in [0.25, 0.3) is 11.4 Å². The molecule has 0 unspecified atom stereocenters. The molecule has 7 heteroatoms. The minimum absolute atomic E-state index is 0.122. The molecule has 4 rings (SSSR count). The summed E-state index contributed by atoms with van der Waals surface area (Å²) in [4.78, 5) is 29.5. The molecule has 0 atom stereocenters. The van der Waals surface area contributed by atoms with Gasteiger partial charge < -0.3 is 10.0 Å². The Bertz CT molecular complexity index is 869. The molecule has 1 aromatic carbocycles. The molecule has 3 heterocycles. The first-order chi connectivity index (χ1) is 10.6. The van der Waals surface area contributed by atoms with Crippen molar-refractivity contribution < 1.29 is 19.1 Å². The van der Waals surface area contributed by atoms with Crippen LogP contribution in [0.5, 0.6) is 0 Å². The van der Waals surface area contributed by atoms with Crippen LogP contribution in [-0.4, -0.2) is 38.0 Å². The highest BCUT2D eigenvalue weighted by molar-refractivity contribution is 6.06. The minimum atomic E-state index is -1.17. The van der Waals surface area contributed by atoms with Gasteiger partial charge in [-0.25, -0.2) is 14.2 Å². The molecule has 0 fully saturated rings. The third-order valence-electron chi connectivity index (χ3n) is 3.89. The SMILES string of the molecule is O=C(O)c1ncn2c1C1=CCCN1C(=O)c1cc(F)ccc1-2. The smallest absolute Gasteiger partial charge is 0.356 e. The number of hydrogen-bond acceptors (Lipinski definition) is 3. The Labute approximate surface area is 124 Å². The van der Waals surface area contributed by atoms with Crippen LogP contribution in [0.1, 0.15) is 33.0 Å². The van der Waals surface area contributed by atoms with Gasteiger partial charge in [0.15, 0.2) is 5.69 Å². The van der Waals surface area contributed by atoms with E-state index >= 15 is 0 Å². The van der Waals surface area contributed by atoms with E-state index in [-0.39, 0.29) is 17.2 Å². The van der Waals surface area contributed by atoms with Crippen LogP contribution in [0.4, 0.5) is 4.39 Å². The van der Waals surface area contributed by atoms with Gasteiger partial charge in [0.2, 0.25) is 0 Å². The Balaban J connectivity index is 2.09. The number of carboxylic acids is 1. The van der Waals surface area contributed by atoms with E-state index < -0.39 is 11.8 Å². The van der Waals surface area contributed by atoms with Crippen LogP contribution in [0.3, 0.4) is 0 Å². The standard InChI is InChI=1S/C15H10FN3O3/c16-8-3-4-10-9(6-8)14(20)18-5-1-2-11(18)13-12(15(21)22)17-7-19(10)13/h2-4,6-7H,1,5H2,(H,21,22). The lowest BCUT2D eigenvalue weighted by Gasteiger charge is -2.17. The third-order valence-corrected chi connectivity index (χ3v) is 3.89. The zero-order valence-electron chi connectivity index (χ0n) is 11.3. The maximum atomic E-state index is 13.5. The molecule has 0 saturated carbocycles. The first-order valence-electron chi connectivity index (χ1n) is 6.71. The molecule has 2 aliphatic rings. The summed E-state index contributed by atoms with van der Waals surface area (Å²) < 4.78 is 15.1. The molecule has 22 heavy (non-hydrogen) atoms. The summed E-state index contributed by atoms with van der Waals surface area (Å²) in [5.74, 6) is -2.02. The van der Waals surface area contributed by atoms with Crippen molar-refractivity contribution >= 4 is 17.6 Å². The van der Waals surface area contributed by atoms with Crippen LogP contribution in [0, 0.1) is 5.82 Å². The second-order valence-electron chi connectivity index (χ2n) is 5.11. The maximum Gasteiger partial charge on any atom is 0.356 e. The fourth-order valence-corrected chi connectivity index (χ4v) is 2.96. The van der Waals surface area contributed by atoms with Gasteiger partial charge in [0, 0.05) is 6.54 Å². The van der Waals surface area contributed by atoms with Crippen molar-refractivity contribution in [2.75, 3.05) is 6.54 Å².